The number of rotatable bonds is 3. The molecule has 104 valence electrons. The van der Waals surface area contributed by atoms with Gasteiger partial charge in [0.15, 0.2) is 0 Å². The smallest absolute Gasteiger partial charge is 0.123 e. The van der Waals surface area contributed by atoms with Crippen LogP contribution in [0.5, 0.6) is 0 Å². The lowest BCUT2D eigenvalue weighted by Crippen LogP contribution is -2.33. The van der Waals surface area contributed by atoms with E-state index in [1.807, 2.05) is 36.9 Å². The van der Waals surface area contributed by atoms with Crippen LogP contribution in [0.1, 0.15) is 28.7 Å². The van der Waals surface area contributed by atoms with E-state index in [0.29, 0.717) is 0 Å². The zero-order valence-corrected chi connectivity index (χ0v) is 12.1. The van der Waals surface area contributed by atoms with Crippen LogP contribution < -0.4 is 11.3 Å². The molecule has 3 N–H and O–H groups in total. The molecule has 0 aromatic heterocycles. The second-order valence-corrected chi connectivity index (χ2v) is 6.16. The SMILES string of the molecule is Cc1ccc(F)cc1C(NN)C1CSc2ccccc21. The molecular weight excluding hydrogens is 271 g/mol. The van der Waals surface area contributed by atoms with Crippen molar-refractivity contribution in [3.05, 3.63) is 65.0 Å². The Morgan fingerprint density at radius 3 is 2.90 bits per heavy atom. The number of fused-ring (bicyclic) bond motifs is 1. The maximum absolute atomic E-state index is 13.6. The monoisotopic (exact) mass is 288 g/mol. The Morgan fingerprint density at radius 2 is 2.10 bits per heavy atom. The van der Waals surface area contributed by atoms with E-state index in [2.05, 4.69) is 17.6 Å². The van der Waals surface area contributed by atoms with Crippen LogP contribution >= 0.6 is 11.8 Å². The van der Waals surface area contributed by atoms with Crippen LogP contribution in [-0.4, -0.2) is 5.75 Å². The molecule has 0 bridgehead atoms. The van der Waals surface area contributed by atoms with Crippen LogP contribution in [0.15, 0.2) is 47.4 Å². The lowest BCUT2D eigenvalue weighted by atomic mass is 9.87. The Balaban J connectivity index is 2.01. The number of hydrazine groups is 1. The normalized spacial score (nSPS) is 18.9. The van der Waals surface area contributed by atoms with E-state index in [9.17, 15) is 4.39 Å². The van der Waals surface area contributed by atoms with Crippen molar-refractivity contribution in [1.82, 2.24) is 5.43 Å². The van der Waals surface area contributed by atoms with E-state index in [0.717, 1.165) is 16.9 Å². The number of benzene rings is 2. The van der Waals surface area contributed by atoms with Crippen molar-refractivity contribution in [2.45, 2.75) is 23.8 Å². The summed E-state index contributed by atoms with van der Waals surface area (Å²) in [5, 5.41) is 0. The summed E-state index contributed by atoms with van der Waals surface area (Å²) < 4.78 is 13.6. The molecule has 0 amide bonds. The van der Waals surface area contributed by atoms with Crippen molar-refractivity contribution in [3.63, 3.8) is 0 Å². The standard InChI is InChI=1S/C16H17FN2S/c1-10-6-7-11(17)8-13(10)16(19-18)14-9-20-15-5-3-2-4-12(14)15/h2-8,14,16,19H,9,18H2,1H3. The van der Waals surface area contributed by atoms with Gasteiger partial charge in [-0.05, 0) is 41.8 Å². The number of hydrogen-bond acceptors (Lipinski definition) is 3. The van der Waals surface area contributed by atoms with E-state index >= 15 is 0 Å². The number of halogens is 1. The van der Waals surface area contributed by atoms with Gasteiger partial charge in [-0.15, -0.1) is 11.8 Å². The Morgan fingerprint density at radius 1 is 1.30 bits per heavy atom. The molecule has 4 heteroatoms. The van der Waals surface area contributed by atoms with Gasteiger partial charge in [-0.3, -0.25) is 11.3 Å². The summed E-state index contributed by atoms with van der Waals surface area (Å²) in [6, 6.07) is 13.2. The zero-order chi connectivity index (χ0) is 14.1. The highest BCUT2D eigenvalue weighted by Crippen LogP contribution is 2.45. The van der Waals surface area contributed by atoms with Gasteiger partial charge in [-0.25, -0.2) is 4.39 Å². The minimum atomic E-state index is -0.218. The van der Waals surface area contributed by atoms with Gasteiger partial charge in [0.1, 0.15) is 5.82 Å². The third-order valence-electron chi connectivity index (χ3n) is 3.90. The number of thioether (sulfide) groups is 1. The Kier molecular flexibility index (Phi) is 3.78. The average molecular weight is 288 g/mol. The van der Waals surface area contributed by atoms with Gasteiger partial charge >= 0.3 is 0 Å². The fourth-order valence-electron chi connectivity index (χ4n) is 2.83. The van der Waals surface area contributed by atoms with Crippen LogP contribution in [0.3, 0.4) is 0 Å². The van der Waals surface area contributed by atoms with Gasteiger partial charge in [0.05, 0.1) is 6.04 Å². The van der Waals surface area contributed by atoms with E-state index < -0.39 is 0 Å². The molecular formula is C16H17FN2S. The van der Waals surface area contributed by atoms with Crippen LogP contribution in [0.2, 0.25) is 0 Å². The van der Waals surface area contributed by atoms with Gasteiger partial charge < -0.3 is 0 Å². The topological polar surface area (TPSA) is 38.0 Å². The first-order chi connectivity index (χ1) is 9.70. The minimum Gasteiger partial charge on any atom is -0.271 e. The van der Waals surface area contributed by atoms with Gasteiger partial charge in [0.25, 0.3) is 0 Å². The molecule has 2 atom stereocenters. The third-order valence-corrected chi connectivity index (χ3v) is 5.10. The third kappa shape index (κ3) is 2.35. The molecule has 3 rings (SSSR count). The maximum atomic E-state index is 13.6. The highest BCUT2D eigenvalue weighted by atomic mass is 32.2. The first-order valence-corrected chi connectivity index (χ1v) is 7.63. The fraction of sp³-hybridized carbons (Fsp3) is 0.250. The Hall–Kier alpha value is -1.36. The fourth-order valence-corrected chi connectivity index (χ4v) is 4.12. The molecule has 0 fully saturated rings. The Bertz CT molecular complexity index is 630. The summed E-state index contributed by atoms with van der Waals surface area (Å²) in [5.41, 5.74) is 6.18. The predicted molar refractivity (Wildman–Crippen MR) is 81.1 cm³/mol. The molecule has 0 saturated carbocycles. The van der Waals surface area contributed by atoms with Gasteiger partial charge in [0.2, 0.25) is 0 Å². The van der Waals surface area contributed by atoms with Crippen molar-refractivity contribution in [2.24, 2.45) is 5.84 Å². The van der Waals surface area contributed by atoms with Crippen LogP contribution in [0.4, 0.5) is 4.39 Å². The van der Waals surface area contributed by atoms with E-state index in [1.54, 1.807) is 6.07 Å². The van der Waals surface area contributed by atoms with Crippen LogP contribution in [-0.2, 0) is 0 Å². The first kappa shape index (κ1) is 13.6. The lowest BCUT2D eigenvalue weighted by molar-refractivity contribution is 0.480. The quantitative estimate of drug-likeness (QED) is 0.670. The number of nitrogens with one attached hydrogen (secondary N) is 1. The van der Waals surface area contributed by atoms with E-state index in [-0.39, 0.29) is 17.8 Å². The average Bonchev–Trinajstić information content (AvgIpc) is 2.88. The molecule has 0 saturated heterocycles. The molecule has 1 aliphatic heterocycles. The summed E-state index contributed by atoms with van der Waals surface area (Å²) in [7, 11) is 0. The summed E-state index contributed by atoms with van der Waals surface area (Å²) in [5.74, 6) is 6.79. The molecule has 1 heterocycles. The molecule has 2 aromatic rings. The highest BCUT2D eigenvalue weighted by Gasteiger charge is 2.31. The largest absolute Gasteiger partial charge is 0.271 e. The second-order valence-electron chi connectivity index (χ2n) is 5.10. The lowest BCUT2D eigenvalue weighted by Gasteiger charge is -2.25. The summed E-state index contributed by atoms with van der Waals surface area (Å²) in [6.07, 6.45) is 0. The van der Waals surface area contributed by atoms with Gasteiger partial charge in [0, 0.05) is 16.6 Å². The number of nitrogens with two attached hydrogens (primary N) is 1. The van der Waals surface area contributed by atoms with Crippen molar-refractivity contribution in [2.75, 3.05) is 5.75 Å². The maximum Gasteiger partial charge on any atom is 0.123 e. The molecule has 2 nitrogen and oxygen atoms in total. The Labute approximate surface area is 122 Å². The molecule has 0 radical (unpaired) electrons. The van der Waals surface area contributed by atoms with Crippen molar-refractivity contribution >= 4 is 11.8 Å². The predicted octanol–water partition coefficient (Wildman–Crippen LogP) is 3.53. The highest BCUT2D eigenvalue weighted by molar-refractivity contribution is 7.99. The number of hydrogen-bond donors (Lipinski definition) is 2. The van der Waals surface area contributed by atoms with Crippen LogP contribution in [0, 0.1) is 12.7 Å². The second kappa shape index (κ2) is 5.56. The summed E-state index contributed by atoms with van der Waals surface area (Å²) in [4.78, 5) is 1.30. The first-order valence-electron chi connectivity index (χ1n) is 6.64. The van der Waals surface area contributed by atoms with E-state index in [1.165, 1.54) is 16.5 Å². The minimum absolute atomic E-state index is 0.0677. The molecule has 0 aliphatic carbocycles. The van der Waals surface area contributed by atoms with Gasteiger partial charge in [-0.1, -0.05) is 24.3 Å². The van der Waals surface area contributed by atoms with Crippen LogP contribution in [0.25, 0.3) is 0 Å². The van der Waals surface area contributed by atoms with Crippen molar-refractivity contribution in [3.8, 4) is 0 Å². The molecule has 2 unspecified atom stereocenters. The molecule has 2 aromatic carbocycles. The molecule has 0 spiro atoms. The van der Waals surface area contributed by atoms with Crippen molar-refractivity contribution < 1.29 is 4.39 Å². The zero-order valence-electron chi connectivity index (χ0n) is 11.3. The summed E-state index contributed by atoms with van der Waals surface area (Å²) in [6.45, 7) is 1.99. The van der Waals surface area contributed by atoms with E-state index in [4.69, 9.17) is 5.84 Å². The number of aryl methyl sites for hydroxylation is 1. The molecule has 20 heavy (non-hydrogen) atoms. The van der Waals surface area contributed by atoms with Gasteiger partial charge in [-0.2, -0.15) is 0 Å². The molecule has 1 aliphatic rings. The van der Waals surface area contributed by atoms with Crippen molar-refractivity contribution in [1.29, 1.82) is 0 Å². The summed E-state index contributed by atoms with van der Waals surface area (Å²) >= 11 is 1.84.